The first-order chi connectivity index (χ1) is 8.69. The molecule has 0 saturated heterocycles. The highest BCUT2D eigenvalue weighted by molar-refractivity contribution is 6.31. The molecule has 1 rings (SSSR count). The van der Waals surface area contributed by atoms with Crippen LogP contribution >= 0.6 is 11.6 Å². The van der Waals surface area contributed by atoms with Crippen LogP contribution in [0, 0.1) is 5.82 Å². The largest absolute Gasteiger partial charge is 0.314 e. The Hall–Kier alpha value is -0.600. The smallest absolute Gasteiger partial charge is 0.127 e. The van der Waals surface area contributed by atoms with Crippen LogP contribution in [0.2, 0.25) is 5.02 Å². The third-order valence-electron chi connectivity index (χ3n) is 3.12. The van der Waals surface area contributed by atoms with Crippen LogP contribution in [-0.4, -0.2) is 12.6 Å². The summed E-state index contributed by atoms with van der Waals surface area (Å²) in [5, 5.41) is 4.06. The maximum Gasteiger partial charge on any atom is 0.127 e. The average molecular weight is 272 g/mol. The molecule has 0 aliphatic heterocycles. The van der Waals surface area contributed by atoms with Gasteiger partial charge >= 0.3 is 0 Å². The first-order valence-corrected chi connectivity index (χ1v) is 7.23. The van der Waals surface area contributed by atoms with E-state index in [1.807, 2.05) is 0 Å². The van der Waals surface area contributed by atoms with E-state index >= 15 is 0 Å². The molecule has 0 aromatic heterocycles. The molecule has 0 aliphatic rings. The van der Waals surface area contributed by atoms with E-state index in [2.05, 4.69) is 19.2 Å². The fourth-order valence-electron chi connectivity index (χ4n) is 2.14. The Balaban J connectivity index is 2.55. The van der Waals surface area contributed by atoms with Gasteiger partial charge in [-0.25, -0.2) is 4.39 Å². The summed E-state index contributed by atoms with van der Waals surface area (Å²) in [4.78, 5) is 0. The van der Waals surface area contributed by atoms with E-state index in [1.165, 1.54) is 6.07 Å². The number of rotatable bonds is 8. The second-order valence-corrected chi connectivity index (χ2v) is 5.09. The van der Waals surface area contributed by atoms with Crippen LogP contribution in [-0.2, 0) is 6.42 Å². The van der Waals surface area contributed by atoms with Gasteiger partial charge in [0.05, 0.1) is 0 Å². The predicted molar refractivity (Wildman–Crippen MR) is 76.7 cm³/mol. The first kappa shape index (κ1) is 15.5. The van der Waals surface area contributed by atoms with Gasteiger partial charge in [-0.3, -0.25) is 0 Å². The second-order valence-electron chi connectivity index (χ2n) is 4.68. The van der Waals surface area contributed by atoms with E-state index in [0.717, 1.165) is 32.2 Å². The molecule has 18 heavy (non-hydrogen) atoms. The minimum absolute atomic E-state index is 0.187. The van der Waals surface area contributed by atoms with Gasteiger partial charge in [-0.05, 0) is 44.4 Å². The highest BCUT2D eigenvalue weighted by atomic mass is 35.5. The van der Waals surface area contributed by atoms with Crippen LogP contribution < -0.4 is 5.32 Å². The topological polar surface area (TPSA) is 12.0 Å². The molecule has 1 nitrogen and oxygen atoms in total. The minimum atomic E-state index is -0.187. The van der Waals surface area contributed by atoms with Crippen molar-refractivity contribution in [2.24, 2.45) is 0 Å². The molecule has 1 N–H and O–H groups in total. The van der Waals surface area contributed by atoms with E-state index in [9.17, 15) is 4.39 Å². The monoisotopic (exact) mass is 271 g/mol. The third-order valence-corrected chi connectivity index (χ3v) is 3.48. The number of hydrogen-bond acceptors (Lipinski definition) is 1. The molecular formula is C15H23ClFN. The maximum atomic E-state index is 13.6. The Kier molecular flexibility index (Phi) is 7.29. The molecule has 1 aromatic rings. The van der Waals surface area contributed by atoms with Gasteiger partial charge in [-0.1, -0.05) is 37.9 Å². The Morgan fingerprint density at radius 1 is 1.22 bits per heavy atom. The lowest BCUT2D eigenvalue weighted by Crippen LogP contribution is -2.30. The molecule has 1 atom stereocenters. The van der Waals surface area contributed by atoms with Gasteiger partial charge in [0.25, 0.3) is 0 Å². The summed E-state index contributed by atoms with van der Waals surface area (Å²) in [5.74, 6) is -0.187. The summed E-state index contributed by atoms with van der Waals surface area (Å²) in [7, 11) is 0. The van der Waals surface area contributed by atoms with Crippen molar-refractivity contribution >= 4 is 11.6 Å². The number of halogens is 2. The van der Waals surface area contributed by atoms with Gasteiger partial charge in [0.2, 0.25) is 0 Å². The molecule has 3 heteroatoms. The van der Waals surface area contributed by atoms with Gasteiger partial charge in [-0.15, -0.1) is 0 Å². The van der Waals surface area contributed by atoms with E-state index in [4.69, 9.17) is 11.6 Å². The Labute approximate surface area is 115 Å². The highest BCUT2D eigenvalue weighted by Gasteiger charge is 2.11. The zero-order chi connectivity index (χ0) is 13.4. The fourth-order valence-corrected chi connectivity index (χ4v) is 2.39. The fraction of sp³-hybridized carbons (Fsp3) is 0.600. The van der Waals surface area contributed by atoms with E-state index in [0.29, 0.717) is 23.0 Å². The van der Waals surface area contributed by atoms with Gasteiger partial charge in [0.1, 0.15) is 5.82 Å². The number of nitrogens with one attached hydrogen (secondary N) is 1. The van der Waals surface area contributed by atoms with Gasteiger partial charge in [0, 0.05) is 16.6 Å². The molecule has 0 radical (unpaired) electrons. The SMILES string of the molecule is CCCNC(CCC)CCc1c(F)cccc1Cl. The van der Waals surface area contributed by atoms with Crippen molar-refractivity contribution in [2.45, 2.75) is 52.0 Å². The number of benzene rings is 1. The molecule has 0 fully saturated rings. The van der Waals surface area contributed by atoms with Gasteiger partial charge < -0.3 is 5.32 Å². The predicted octanol–water partition coefficient (Wildman–Crippen LogP) is 4.58. The van der Waals surface area contributed by atoms with E-state index in [1.54, 1.807) is 12.1 Å². The van der Waals surface area contributed by atoms with Crippen LogP contribution in [0.1, 0.15) is 45.1 Å². The Morgan fingerprint density at radius 2 is 2.00 bits per heavy atom. The molecule has 0 spiro atoms. The summed E-state index contributed by atoms with van der Waals surface area (Å²) in [5.41, 5.74) is 0.651. The summed E-state index contributed by atoms with van der Waals surface area (Å²) in [6.07, 6.45) is 5.04. The van der Waals surface area contributed by atoms with Gasteiger partial charge in [-0.2, -0.15) is 0 Å². The molecule has 102 valence electrons. The summed E-state index contributed by atoms with van der Waals surface area (Å²) < 4.78 is 13.6. The zero-order valence-electron chi connectivity index (χ0n) is 11.3. The van der Waals surface area contributed by atoms with Gasteiger partial charge in [0.15, 0.2) is 0 Å². The molecule has 0 amide bonds. The molecular weight excluding hydrogens is 249 g/mol. The maximum absolute atomic E-state index is 13.6. The molecule has 1 unspecified atom stereocenters. The van der Waals surface area contributed by atoms with Crippen LogP contribution in [0.15, 0.2) is 18.2 Å². The lowest BCUT2D eigenvalue weighted by Gasteiger charge is -2.18. The van der Waals surface area contributed by atoms with Crippen LogP contribution in [0.5, 0.6) is 0 Å². The van der Waals surface area contributed by atoms with Crippen molar-refractivity contribution in [2.75, 3.05) is 6.54 Å². The number of hydrogen-bond donors (Lipinski definition) is 1. The summed E-state index contributed by atoms with van der Waals surface area (Å²) in [6, 6.07) is 5.36. The second kappa shape index (κ2) is 8.49. The van der Waals surface area contributed by atoms with Crippen molar-refractivity contribution in [1.29, 1.82) is 0 Å². The average Bonchev–Trinajstić information content (AvgIpc) is 2.35. The molecule has 0 saturated carbocycles. The molecule has 0 heterocycles. The molecule has 0 aliphatic carbocycles. The lowest BCUT2D eigenvalue weighted by atomic mass is 10.0. The van der Waals surface area contributed by atoms with Crippen molar-refractivity contribution in [3.8, 4) is 0 Å². The summed E-state index contributed by atoms with van der Waals surface area (Å²) >= 11 is 6.03. The lowest BCUT2D eigenvalue weighted by molar-refractivity contribution is 0.445. The molecule has 1 aromatic carbocycles. The quantitative estimate of drug-likeness (QED) is 0.730. The van der Waals surface area contributed by atoms with Crippen LogP contribution in [0.25, 0.3) is 0 Å². The van der Waals surface area contributed by atoms with E-state index < -0.39 is 0 Å². The van der Waals surface area contributed by atoms with Crippen molar-refractivity contribution < 1.29 is 4.39 Å². The Morgan fingerprint density at radius 3 is 2.61 bits per heavy atom. The van der Waals surface area contributed by atoms with Crippen molar-refractivity contribution in [1.82, 2.24) is 5.32 Å². The van der Waals surface area contributed by atoms with E-state index in [-0.39, 0.29) is 5.82 Å². The highest BCUT2D eigenvalue weighted by Crippen LogP contribution is 2.21. The standard InChI is InChI=1S/C15H23ClFN/c1-3-6-12(18-11-4-2)9-10-13-14(16)7-5-8-15(13)17/h5,7-8,12,18H,3-4,6,9-11H2,1-2H3. The van der Waals surface area contributed by atoms with Crippen LogP contribution in [0.4, 0.5) is 4.39 Å². The normalized spacial score (nSPS) is 12.7. The minimum Gasteiger partial charge on any atom is -0.314 e. The van der Waals surface area contributed by atoms with Crippen molar-refractivity contribution in [3.63, 3.8) is 0 Å². The molecule has 0 bridgehead atoms. The third kappa shape index (κ3) is 4.95. The summed E-state index contributed by atoms with van der Waals surface area (Å²) in [6.45, 7) is 5.36. The van der Waals surface area contributed by atoms with Crippen molar-refractivity contribution in [3.05, 3.63) is 34.6 Å². The zero-order valence-corrected chi connectivity index (χ0v) is 12.1. The first-order valence-electron chi connectivity index (χ1n) is 6.85. The Bertz CT molecular complexity index is 334. The van der Waals surface area contributed by atoms with Crippen LogP contribution in [0.3, 0.4) is 0 Å².